The molecule has 1 aromatic carbocycles. The highest BCUT2D eigenvalue weighted by Crippen LogP contribution is 2.41. The van der Waals surface area contributed by atoms with E-state index in [-0.39, 0.29) is 18.4 Å². The molecule has 29 heavy (non-hydrogen) atoms. The predicted octanol–water partition coefficient (Wildman–Crippen LogP) is 3.23. The monoisotopic (exact) mass is 396 g/mol. The third-order valence-electron chi connectivity index (χ3n) is 5.05. The van der Waals surface area contributed by atoms with Crippen molar-refractivity contribution in [1.82, 2.24) is 10.3 Å². The second-order valence-electron chi connectivity index (χ2n) is 8.46. The maximum atomic E-state index is 13.4. The van der Waals surface area contributed by atoms with E-state index in [2.05, 4.69) is 10.3 Å². The van der Waals surface area contributed by atoms with Gasteiger partial charge in [0.25, 0.3) is 0 Å². The van der Waals surface area contributed by atoms with Crippen molar-refractivity contribution in [2.24, 2.45) is 5.92 Å². The van der Waals surface area contributed by atoms with E-state index in [1.54, 1.807) is 6.20 Å². The first-order valence-electron chi connectivity index (χ1n) is 9.78. The fraction of sp³-hybridized carbons (Fsp3) is 0.435. The number of carbonyl (C=O) groups is 2. The van der Waals surface area contributed by atoms with E-state index in [1.807, 2.05) is 69.3 Å². The first kappa shape index (κ1) is 21.0. The van der Waals surface area contributed by atoms with Gasteiger partial charge in [-0.05, 0) is 44.9 Å². The zero-order valence-electron chi connectivity index (χ0n) is 17.3. The number of ether oxygens (including phenoxy) is 2. The second kappa shape index (κ2) is 8.33. The Labute approximate surface area is 171 Å². The Kier molecular flexibility index (Phi) is 6.03. The van der Waals surface area contributed by atoms with Gasteiger partial charge in [0, 0.05) is 12.6 Å². The minimum Gasteiger partial charge on any atom is -0.469 e. The van der Waals surface area contributed by atoms with Crippen LogP contribution in [0.15, 0.2) is 54.7 Å². The molecule has 3 rings (SSSR count). The minimum absolute atomic E-state index is 0.269. The lowest BCUT2D eigenvalue weighted by atomic mass is 9.85. The molecule has 6 nitrogen and oxygen atoms in total. The largest absolute Gasteiger partial charge is 0.469 e. The van der Waals surface area contributed by atoms with Crippen LogP contribution in [0.5, 0.6) is 0 Å². The Bertz CT molecular complexity index is 848. The molecule has 154 valence electrons. The van der Waals surface area contributed by atoms with Crippen LogP contribution in [0.2, 0.25) is 0 Å². The fourth-order valence-electron chi connectivity index (χ4n) is 3.82. The van der Waals surface area contributed by atoms with E-state index in [0.29, 0.717) is 12.1 Å². The van der Waals surface area contributed by atoms with Gasteiger partial charge in [-0.3, -0.25) is 19.9 Å². The second-order valence-corrected chi connectivity index (χ2v) is 8.46. The van der Waals surface area contributed by atoms with Crippen molar-refractivity contribution in [2.45, 2.75) is 50.8 Å². The summed E-state index contributed by atoms with van der Waals surface area (Å²) in [6, 6.07) is 14.8. The van der Waals surface area contributed by atoms with Crippen LogP contribution >= 0.6 is 0 Å². The minimum atomic E-state index is -1.06. The molecule has 0 spiro atoms. The predicted molar refractivity (Wildman–Crippen MR) is 109 cm³/mol. The number of hydrogen-bond donors (Lipinski definition) is 1. The first-order valence-corrected chi connectivity index (χ1v) is 9.78. The van der Waals surface area contributed by atoms with Gasteiger partial charge in [-0.1, -0.05) is 36.4 Å². The Morgan fingerprint density at radius 3 is 2.41 bits per heavy atom. The van der Waals surface area contributed by atoms with Crippen LogP contribution < -0.4 is 5.32 Å². The average molecular weight is 396 g/mol. The highest BCUT2D eigenvalue weighted by atomic mass is 16.6. The van der Waals surface area contributed by atoms with Crippen LogP contribution in [0.4, 0.5) is 0 Å². The lowest BCUT2D eigenvalue weighted by Crippen LogP contribution is -2.52. The van der Waals surface area contributed by atoms with E-state index in [0.717, 1.165) is 5.56 Å². The van der Waals surface area contributed by atoms with Gasteiger partial charge in [0.2, 0.25) is 0 Å². The number of carbonyl (C=O) groups excluding carboxylic acids is 2. The summed E-state index contributed by atoms with van der Waals surface area (Å²) in [5.41, 5.74) is -0.0281. The summed E-state index contributed by atoms with van der Waals surface area (Å²) in [5, 5.41) is 3.42. The zero-order chi connectivity index (χ0) is 21.1. The molecule has 0 radical (unpaired) electrons. The smallest absolute Gasteiger partial charge is 0.327 e. The van der Waals surface area contributed by atoms with Crippen LogP contribution in [-0.2, 0) is 25.5 Å². The topological polar surface area (TPSA) is 77.5 Å². The van der Waals surface area contributed by atoms with Crippen molar-refractivity contribution in [3.8, 4) is 0 Å². The molecule has 0 bridgehead atoms. The molecule has 0 amide bonds. The van der Waals surface area contributed by atoms with Crippen molar-refractivity contribution >= 4 is 11.9 Å². The summed E-state index contributed by atoms with van der Waals surface area (Å²) < 4.78 is 10.8. The molecule has 2 aromatic rings. The molecule has 1 aliphatic rings. The van der Waals surface area contributed by atoms with Gasteiger partial charge in [-0.15, -0.1) is 0 Å². The number of methoxy groups -OCH3 is 1. The van der Waals surface area contributed by atoms with Crippen molar-refractivity contribution in [3.05, 3.63) is 66.0 Å². The Balaban J connectivity index is 2.02. The number of nitrogens with zero attached hydrogens (tertiary/aromatic N) is 1. The van der Waals surface area contributed by atoms with E-state index in [1.165, 1.54) is 7.11 Å². The van der Waals surface area contributed by atoms with Crippen LogP contribution in [-0.4, -0.2) is 35.2 Å². The number of hydrogen-bond acceptors (Lipinski definition) is 6. The number of pyridine rings is 1. The first-order chi connectivity index (χ1) is 13.7. The van der Waals surface area contributed by atoms with Crippen LogP contribution in [0.1, 0.15) is 44.5 Å². The molecular formula is C23H28N2O4. The summed E-state index contributed by atoms with van der Waals surface area (Å²) in [5.74, 6) is -1.29. The van der Waals surface area contributed by atoms with Gasteiger partial charge in [0.05, 0.1) is 24.8 Å². The maximum absolute atomic E-state index is 13.4. The third-order valence-corrected chi connectivity index (χ3v) is 5.05. The Hall–Kier alpha value is -2.73. The summed E-state index contributed by atoms with van der Waals surface area (Å²) in [6.07, 6.45) is 2.35. The number of rotatable bonds is 5. The molecule has 0 aliphatic carbocycles. The molecule has 1 aromatic heterocycles. The highest BCUT2D eigenvalue weighted by molar-refractivity contribution is 5.85. The van der Waals surface area contributed by atoms with E-state index < -0.39 is 23.1 Å². The molecule has 0 unspecified atom stereocenters. The van der Waals surface area contributed by atoms with Gasteiger partial charge in [-0.25, -0.2) is 0 Å². The highest BCUT2D eigenvalue weighted by Gasteiger charge is 2.55. The number of benzene rings is 1. The summed E-state index contributed by atoms with van der Waals surface area (Å²) >= 11 is 0. The Morgan fingerprint density at radius 2 is 1.83 bits per heavy atom. The van der Waals surface area contributed by atoms with Crippen LogP contribution in [0.25, 0.3) is 0 Å². The summed E-state index contributed by atoms with van der Waals surface area (Å²) in [6.45, 7) is 5.51. The SMILES string of the molecule is COC(=O)[C@@H]1C[C@](Cc2ccccc2)(C(=O)OC(C)(C)C)N[C@@H]1c1ccccn1. The van der Waals surface area contributed by atoms with Crippen molar-refractivity contribution in [3.63, 3.8) is 0 Å². The molecular weight excluding hydrogens is 368 g/mol. The van der Waals surface area contributed by atoms with Gasteiger partial charge < -0.3 is 9.47 Å². The van der Waals surface area contributed by atoms with Gasteiger partial charge in [0.1, 0.15) is 11.1 Å². The van der Waals surface area contributed by atoms with Gasteiger partial charge >= 0.3 is 11.9 Å². The lowest BCUT2D eigenvalue weighted by Gasteiger charge is -2.32. The molecule has 3 atom stereocenters. The van der Waals surface area contributed by atoms with E-state index in [9.17, 15) is 9.59 Å². The zero-order valence-corrected chi connectivity index (χ0v) is 17.3. The molecule has 1 aliphatic heterocycles. The normalized spacial score (nSPS) is 24.1. The van der Waals surface area contributed by atoms with Crippen molar-refractivity contribution in [2.75, 3.05) is 7.11 Å². The molecule has 1 N–H and O–H groups in total. The van der Waals surface area contributed by atoms with Crippen molar-refractivity contribution in [1.29, 1.82) is 0 Å². The van der Waals surface area contributed by atoms with E-state index >= 15 is 0 Å². The average Bonchev–Trinajstić information content (AvgIpc) is 3.08. The number of esters is 2. The third kappa shape index (κ3) is 4.82. The Morgan fingerprint density at radius 1 is 1.14 bits per heavy atom. The molecule has 2 heterocycles. The van der Waals surface area contributed by atoms with E-state index in [4.69, 9.17) is 9.47 Å². The molecule has 1 saturated heterocycles. The standard InChI is InChI=1S/C23H28N2O4/c1-22(2,3)29-21(27)23(14-16-10-6-5-7-11-16)15-17(20(26)28-4)19(25-23)18-12-8-9-13-24-18/h5-13,17,19,25H,14-15H2,1-4H3/t17-,19+,23-/m1/s1. The number of nitrogens with one attached hydrogen (secondary N) is 1. The summed E-state index contributed by atoms with van der Waals surface area (Å²) in [4.78, 5) is 30.4. The molecule has 1 fully saturated rings. The molecule has 0 saturated carbocycles. The van der Waals surface area contributed by atoms with Crippen molar-refractivity contribution < 1.29 is 19.1 Å². The van der Waals surface area contributed by atoms with Gasteiger partial charge in [-0.2, -0.15) is 0 Å². The molecule has 6 heteroatoms. The van der Waals surface area contributed by atoms with Crippen LogP contribution in [0.3, 0.4) is 0 Å². The van der Waals surface area contributed by atoms with Gasteiger partial charge in [0.15, 0.2) is 0 Å². The number of aromatic nitrogens is 1. The van der Waals surface area contributed by atoms with Crippen LogP contribution in [0, 0.1) is 5.92 Å². The quantitative estimate of drug-likeness (QED) is 0.782. The fourth-order valence-corrected chi connectivity index (χ4v) is 3.82. The lowest BCUT2D eigenvalue weighted by molar-refractivity contribution is -0.163. The maximum Gasteiger partial charge on any atom is 0.327 e. The summed E-state index contributed by atoms with van der Waals surface area (Å²) in [7, 11) is 1.36.